The summed E-state index contributed by atoms with van der Waals surface area (Å²) in [5.41, 5.74) is -0.475. The zero-order chi connectivity index (χ0) is 9.31. The summed E-state index contributed by atoms with van der Waals surface area (Å²) >= 11 is 1.55. The average molecular weight is 193 g/mol. The lowest BCUT2D eigenvalue weighted by atomic mass is 9.94. The van der Waals surface area contributed by atoms with Crippen molar-refractivity contribution < 1.29 is 4.42 Å². The summed E-state index contributed by atoms with van der Waals surface area (Å²) in [5.74, 6) is 0.599. The van der Waals surface area contributed by atoms with Gasteiger partial charge in [0.1, 0.15) is 11.3 Å². The van der Waals surface area contributed by atoms with Gasteiger partial charge >= 0.3 is 0 Å². The fraction of sp³-hybridized carbons (Fsp3) is 0.222. The Kier molecular flexibility index (Phi) is 1.92. The molecule has 2 aromatic rings. The molecule has 2 rings (SSSR count). The van der Waals surface area contributed by atoms with Crippen molar-refractivity contribution in [1.29, 1.82) is 0 Å². The molecule has 0 spiro atoms. The van der Waals surface area contributed by atoms with Gasteiger partial charge in [0.2, 0.25) is 5.89 Å². The zero-order valence-electron chi connectivity index (χ0n) is 7.23. The number of nitrogens with zero attached hydrogens (tertiary/aromatic N) is 2. The highest BCUT2D eigenvalue weighted by molar-refractivity contribution is 7.09. The van der Waals surface area contributed by atoms with Crippen molar-refractivity contribution in [3.05, 3.63) is 41.9 Å². The molecule has 4 heteroatoms. The third-order valence-electron chi connectivity index (χ3n) is 1.81. The second kappa shape index (κ2) is 2.96. The average Bonchev–Trinajstić information content (AvgIpc) is 2.78. The quantitative estimate of drug-likeness (QED) is 0.734. The Morgan fingerprint density at radius 1 is 1.46 bits per heavy atom. The number of hydrogen-bond donors (Lipinski definition) is 0. The monoisotopic (exact) mass is 193 g/mol. The first-order valence-corrected chi connectivity index (χ1v) is 4.74. The fourth-order valence-electron chi connectivity index (χ4n) is 1.08. The first-order chi connectivity index (χ1) is 6.21. The molecule has 0 fully saturated rings. The van der Waals surface area contributed by atoms with Crippen molar-refractivity contribution in [2.75, 3.05) is 0 Å². The summed E-state index contributed by atoms with van der Waals surface area (Å²) in [6.45, 7) is 5.99. The van der Waals surface area contributed by atoms with Crippen molar-refractivity contribution in [2.24, 2.45) is 0 Å². The summed E-state index contributed by atoms with van der Waals surface area (Å²) in [6.07, 6.45) is 4.92. The Hall–Kier alpha value is -1.16. The fourth-order valence-corrected chi connectivity index (χ4v) is 1.80. The Labute approximate surface area is 80.5 Å². The van der Waals surface area contributed by atoms with Gasteiger partial charge in [0, 0.05) is 11.6 Å². The van der Waals surface area contributed by atoms with Crippen LogP contribution in [0.4, 0.5) is 0 Å². The van der Waals surface area contributed by atoms with Gasteiger partial charge in [0.25, 0.3) is 0 Å². The van der Waals surface area contributed by atoms with Gasteiger partial charge in [-0.25, -0.2) is 9.97 Å². The van der Waals surface area contributed by atoms with Crippen LogP contribution in [0.2, 0.25) is 0 Å². The molecule has 3 nitrogen and oxygen atoms in total. The van der Waals surface area contributed by atoms with Gasteiger partial charge in [-0.2, -0.15) is 0 Å². The number of oxazole rings is 1. The Morgan fingerprint density at radius 2 is 2.31 bits per heavy atom. The minimum atomic E-state index is -0.475. The van der Waals surface area contributed by atoms with E-state index in [2.05, 4.69) is 16.9 Å². The van der Waals surface area contributed by atoms with Crippen LogP contribution in [0.25, 0.3) is 0 Å². The molecule has 1 unspecified atom stereocenters. The second-order valence-electron chi connectivity index (χ2n) is 3.01. The smallest absolute Gasteiger partial charge is 0.206 e. The largest absolute Gasteiger partial charge is 0.448 e. The van der Waals surface area contributed by atoms with Crippen LogP contribution in [0.15, 0.2) is 28.5 Å². The minimum absolute atomic E-state index is 0.475. The molecule has 0 saturated carbocycles. The SMILES string of the molecule is [CH2]C(C)(c1ncco1)c1nccs1. The Morgan fingerprint density at radius 3 is 2.85 bits per heavy atom. The van der Waals surface area contributed by atoms with E-state index in [0.717, 1.165) is 5.01 Å². The molecule has 67 valence electrons. The van der Waals surface area contributed by atoms with Crippen molar-refractivity contribution in [3.63, 3.8) is 0 Å². The molecule has 0 aliphatic rings. The molecule has 2 heterocycles. The van der Waals surface area contributed by atoms with Crippen LogP contribution in [-0.2, 0) is 5.41 Å². The van der Waals surface area contributed by atoms with E-state index in [-0.39, 0.29) is 0 Å². The van der Waals surface area contributed by atoms with Crippen molar-refractivity contribution in [1.82, 2.24) is 9.97 Å². The maximum Gasteiger partial charge on any atom is 0.206 e. The Balaban J connectivity index is 2.42. The van der Waals surface area contributed by atoms with Gasteiger partial charge in [-0.3, -0.25) is 0 Å². The molecule has 0 aliphatic carbocycles. The van der Waals surface area contributed by atoms with Crippen LogP contribution in [0.1, 0.15) is 17.8 Å². The van der Waals surface area contributed by atoms with E-state index in [4.69, 9.17) is 4.42 Å². The summed E-state index contributed by atoms with van der Waals surface area (Å²) < 4.78 is 5.22. The Bertz CT molecular complexity index is 328. The van der Waals surface area contributed by atoms with E-state index in [0.29, 0.717) is 5.89 Å². The third-order valence-corrected chi connectivity index (χ3v) is 2.85. The molecule has 0 amide bonds. The lowest BCUT2D eigenvalue weighted by molar-refractivity contribution is 0.434. The highest BCUT2D eigenvalue weighted by atomic mass is 32.1. The zero-order valence-corrected chi connectivity index (χ0v) is 8.04. The van der Waals surface area contributed by atoms with Crippen LogP contribution in [0.5, 0.6) is 0 Å². The van der Waals surface area contributed by atoms with Gasteiger partial charge < -0.3 is 4.42 Å². The predicted molar refractivity (Wildman–Crippen MR) is 50.4 cm³/mol. The lowest BCUT2D eigenvalue weighted by Gasteiger charge is -2.16. The highest BCUT2D eigenvalue weighted by Gasteiger charge is 2.30. The van der Waals surface area contributed by atoms with Gasteiger partial charge in [0.15, 0.2) is 0 Å². The molecule has 0 bridgehead atoms. The van der Waals surface area contributed by atoms with Gasteiger partial charge in [-0.1, -0.05) is 0 Å². The predicted octanol–water partition coefficient (Wildman–Crippen LogP) is 2.27. The maximum absolute atomic E-state index is 5.22. The van der Waals surface area contributed by atoms with E-state index in [1.807, 2.05) is 12.3 Å². The number of hydrogen-bond acceptors (Lipinski definition) is 4. The molecule has 0 saturated heterocycles. The summed E-state index contributed by atoms with van der Waals surface area (Å²) in [4.78, 5) is 8.28. The van der Waals surface area contributed by atoms with E-state index in [1.165, 1.54) is 0 Å². The van der Waals surface area contributed by atoms with E-state index < -0.39 is 5.41 Å². The molecule has 1 radical (unpaired) electrons. The molecular formula is C9H9N2OS. The van der Waals surface area contributed by atoms with Crippen LogP contribution < -0.4 is 0 Å². The number of thiazole rings is 1. The summed E-state index contributed by atoms with van der Waals surface area (Å²) in [5, 5.41) is 2.83. The second-order valence-corrected chi connectivity index (χ2v) is 3.90. The van der Waals surface area contributed by atoms with Crippen LogP contribution in [0.3, 0.4) is 0 Å². The first-order valence-electron chi connectivity index (χ1n) is 3.86. The highest BCUT2D eigenvalue weighted by Crippen LogP contribution is 2.30. The molecule has 1 atom stereocenters. The normalized spacial score (nSPS) is 11.8. The maximum atomic E-state index is 5.22. The van der Waals surface area contributed by atoms with E-state index in [9.17, 15) is 0 Å². The lowest BCUT2D eigenvalue weighted by Crippen LogP contribution is -2.19. The van der Waals surface area contributed by atoms with E-state index >= 15 is 0 Å². The van der Waals surface area contributed by atoms with Crippen LogP contribution >= 0.6 is 11.3 Å². The molecule has 0 aliphatic heterocycles. The minimum Gasteiger partial charge on any atom is -0.448 e. The van der Waals surface area contributed by atoms with Crippen molar-refractivity contribution in [2.45, 2.75) is 12.3 Å². The first kappa shape index (κ1) is 8.44. The summed E-state index contributed by atoms with van der Waals surface area (Å²) in [7, 11) is 0. The van der Waals surface area contributed by atoms with Crippen molar-refractivity contribution in [3.8, 4) is 0 Å². The van der Waals surface area contributed by atoms with Gasteiger partial charge in [0.05, 0.1) is 11.6 Å². The molecule has 2 aromatic heterocycles. The number of aromatic nitrogens is 2. The standard InChI is InChI=1S/C9H9N2OS/c1-9(2,7-10-3-5-12-7)8-11-4-6-13-8/h3-6H,1H2,2H3. The van der Waals surface area contributed by atoms with Gasteiger partial charge in [-0.05, 0) is 13.8 Å². The molecule has 0 N–H and O–H groups in total. The van der Waals surface area contributed by atoms with Crippen LogP contribution in [0, 0.1) is 6.92 Å². The third kappa shape index (κ3) is 1.37. The number of rotatable bonds is 2. The topological polar surface area (TPSA) is 38.9 Å². The molecule has 0 aromatic carbocycles. The molecule has 13 heavy (non-hydrogen) atoms. The van der Waals surface area contributed by atoms with E-state index in [1.54, 1.807) is 30.0 Å². The molecular weight excluding hydrogens is 184 g/mol. The van der Waals surface area contributed by atoms with Gasteiger partial charge in [-0.15, -0.1) is 11.3 Å². The van der Waals surface area contributed by atoms with Crippen LogP contribution in [-0.4, -0.2) is 9.97 Å². The summed E-state index contributed by atoms with van der Waals surface area (Å²) in [6, 6.07) is 0. The van der Waals surface area contributed by atoms with Crippen molar-refractivity contribution >= 4 is 11.3 Å².